The molecular weight excluding hydrogens is 416 g/mol. The van der Waals surface area contributed by atoms with Gasteiger partial charge in [0.15, 0.2) is 0 Å². The van der Waals surface area contributed by atoms with Crippen molar-refractivity contribution >= 4 is 17.8 Å². The number of aryl methyl sites for hydroxylation is 1. The molecule has 3 N–H and O–H groups in total. The maximum Gasteiger partial charge on any atom is 0.414 e. The molecule has 1 aromatic carbocycles. The van der Waals surface area contributed by atoms with Gasteiger partial charge in [-0.2, -0.15) is 0 Å². The lowest BCUT2D eigenvalue weighted by Crippen LogP contribution is -2.43. The Hall–Kier alpha value is -3.17. The summed E-state index contributed by atoms with van der Waals surface area (Å²) < 4.78 is 5.65. The molecule has 1 aromatic heterocycles. The first kappa shape index (κ1) is 25.1. The fourth-order valence-corrected chi connectivity index (χ4v) is 3.58. The second-order valence-corrected chi connectivity index (χ2v) is 7.64. The molecule has 0 bridgehead atoms. The van der Waals surface area contributed by atoms with Crippen LogP contribution in [0.2, 0.25) is 0 Å². The highest BCUT2D eigenvalue weighted by Crippen LogP contribution is 2.22. The lowest BCUT2D eigenvalue weighted by Gasteiger charge is -2.33. The Kier molecular flexibility index (Phi) is 9.90. The van der Waals surface area contributed by atoms with Crippen LogP contribution in [0.4, 0.5) is 0 Å². The first-order valence-electron chi connectivity index (χ1n) is 10.5. The van der Waals surface area contributed by atoms with Crippen LogP contribution in [0.3, 0.4) is 0 Å². The van der Waals surface area contributed by atoms with Crippen LogP contribution >= 0.6 is 0 Å². The van der Waals surface area contributed by atoms with Crippen LogP contribution in [-0.2, 0) is 27.5 Å². The predicted molar refractivity (Wildman–Crippen MR) is 116 cm³/mol. The van der Waals surface area contributed by atoms with Crippen LogP contribution in [0.25, 0.3) is 0 Å². The highest BCUT2D eigenvalue weighted by molar-refractivity contribution is 6.27. The fourth-order valence-electron chi connectivity index (χ4n) is 3.58. The number of amides is 1. The van der Waals surface area contributed by atoms with Gasteiger partial charge in [-0.25, -0.2) is 9.59 Å². The molecule has 0 saturated carbocycles. The number of likely N-dealkylation sites (tertiary alicyclic amines) is 1. The summed E-state index contributed by atoms with van der Waals surface area (Å²) in [6.45, 7) is 5.50. The molecule has 1 amide bonds. The van der Waals surface area contributed by atoms with Gasteiger partial charge in [0, 0.05) is 19.0 Å². The number of carbonyl (C=O) groups excluding carboxylic acids is 1. The van der Waals surface area contributed by atoms with E-state index in [1.54, 1.807) is 4.90 Å². The van der Waals surface area contributed by atoms with Gasteiger partial charge in [-0.05, 0) is 50.6 Å². The average Bonchev–Trinajstić information content (AvgIpc) is 3.19. The van der Waals surface area contributed by atoms with E-state index in [1.807, 2.05) is 49.4 Å². The maximum atomic E-state index is 12.9. The van der Waals surface area contributed by atoms with Gasteiger partial charge in [0.25, 0.3) is 0 Å². The van der Waals surface area contributed by atoms with Crippen LogP contribution in [0, 0.1) is 12.8 Å². The molecule has 9 heteroatoms. The van der Waals surface area contributed by atoms with Gasteiger partial charge in [0.2, 0.25) is 5.91 Å². The van der Waals surface area contributed by atoms with Crippen molar-refractivity contribution < 1.29 is 34.1 Å². The lowest BCUT2D eigenvalue weighted by molar-refractivity contribution is -0.159. The van der Waals surface area contributed by atoms with Crippen molar-refractivity contribution in [1.82, 2.24) is 9.80 Å². The smallest absolute Gasteiger partial charge is 0.414 e. The summed E-state index contributed by atoms with van der Waals surface area (Å²) in [6, 6.07) is 14.0. The summed E-state index contributed by atoms with van der Waals surface area (Å²) >= 11 is 0. The van der Waals surface area contributed by atoms with Crippen LogP contribution in [0.1, 0.15) is 29.9 Å². The van der Waals surface area contributed by atoms with E-state index in [4.69, 9.17) is 24.2 Å². The van der Waals surface area contributed by atoms with E-state index in [9.17, 15) is 9.90 Å². The quantitative estimate of drug-likeness (QED) is 0.550. The first-order chi connectivity index (χ1) is 15.3. The fraction of sp³-hybridized carbons (Fsp3) is 0.435. The van der Waals surface area contributed by atoms with Gasteiger partial charge >= 0.3 is 11.9 Å². The number of rotatable bonds is 7. The summed E-state index contributed by atoms with van der Waals surface area (Å²) in [4.78, 5) is 35.3. The molecule has 0 unspecified atom stereocenters. The minimum atomic E-state index is -1.82. The van der Waals surface area contributed by atoms with E-state index in [-0.39, 0.29) is 18.4 Å². The van der Waals surface area contributed by atoms with E-state index in [2.05, 4.69) is 4.90 Å². The number of nitrogens with zero attached hydrogens (tertiary/aromatic N) is 2. The second kappa shape index (κ2) is 12.6. The van der Waals surface area contributed by atoms with Crippen LogP contribution < -0.4 is 0 Å². The molecule has 0 spiro atoms. The highest BCUT2D eigenvalue weighted by atomic mass is 16.4. The van der Waals surface area contributed by atoms with Crippen molar-refractivity contribution in [3.8, 4) is 0 Å². The second-order valence-electron chi connectivity index (χ2n) is 7.64. The van der Waals surface area contributed by atoms with Crippen molar-refractivity contribution in [2.75, 3.05) is 26.2 Å². The zero-order valence-corrected chi connectivity index (χ0v) is 18.1. The summed E-state index contributed by atoms with van der Waals surface area (Å²) in [7, 11) is 0. The minimum absolute atomic E-state index is 0.00470. The Bertz CT molecular complexity index is 861. The number of aliphatic carboxylic acids is 2. The monoisotopic (exact) mass is 446 g/mol. The van der Waals surface area contributed by atoms with Crippen LogP contribution in [0.15, 0.2) is 46.9 Å². The van der Waals surface area contributed by atoms with Crippen molar-refractivity contribution in [3.63, 3.8) is 0 Å². The van der Waals surface area contributed by atoms with E-state index < -0.39 is 11.9 Å². The topological polar surface area (TPSA) is 132 Å². The van der Waals surface area contributed by atoms with Crippen molar-refractivity contribution in [3.05, 3.63) is 59.5 Å². The van der Waals surface area contributed by atoms with Gasteiger partial charge in [-0.3, -0.25) is 9.69 Å². The predicted octanol–water partition coefficient (Wildman–Crippen LogP) is 1.98. The highest BCUT2D eigenvalue weighted by Gasteiger charge is 2.28. The normalized spacial score (nSPS) is 14.3. The first-order valence-corrected chi connectivity index (χ1v) is 10.5. The molecule has 1 aliphatic heterocycles. The Morgan fingerprint density at radius 2 is 1.66 bits per heavy atom. The molecule has 0 radical (unpaired) electrons. The molecule has 3 rings (SSSR count). The number of furan rings is 1. The molecule has 0 aliphatic carbocycles. The van der Waals surface area contributed by atoms with Gasteiger partial charge in [-0.15, -0.1) is 0 Å². The van der Waals surface area contributed by atoms with Gasteiger partial charge in [0.05, 0.1) is 13.2 Å². The number of carbonyl (C=O) groups is 3. The van der Waals surface area contributed by atoms with Crippen LogP contribution in [-0.4, -0.2) is 69.2 Å². The van der Waals surface area contributed by atoms with Gasteiger partial charge in [0.1, 0.15) is 11.5 Å². The Morgan fingerprint density at radius 3 is 2.16 bits per heavy atom. The van der Waals surface area contributed by atoms with Gasteiger partial charge < -0.3 is 24.6 Å². The van der Waals surface area contributed by atoms with E-state index in [0.717, 1.165) is 49.6 Å². The zero-order chi connectivity index (χ0) is 23.5. The number of hydrogen-bond donors (Lipinski definition) is 3. The van der Waals surface area contributed by atoms with Gasteiger partial charge in [-0.1, -0.05) is 30.3 Å². The minimum Gasteiger partial charge on any atom is -0.473 e. The SMILES string of the molecule is Cc1ccc(CN2CCC(C(=O)N(CCO)Cc3ccccc3)CC2)o1.O=C(O)C(=O)O. The summed E-state index contributed by atoms with van der Waals surface area (Å²) in [6.07, 6.45) is 1.71. The number of benzene rings is 1. The Labute approximate surface area is 186 Å². The number of carboxylic acids is 2. The number of piperidine rings is 1. The average molecular weight is 447 g/mol. The maximum absolute atomic E-state index is 12.9. The zero-order valence-electron chi connectivity index (χ0n) is 18.1. The molecule has 2 heterocycles. The molecule has 2 aromatic rings. The third kappa shape index (κ3) is 8.16. The molecule has 0 atom stereocenters. The Balaban J connectivity index is 0.000000534. The van der Waals surface area contributed by atoms with Crippen LogP contribution in [0.5, 0.6) is 0 Å². The lowest BCUT2D eigenvalue weighted by atomic mass is 9.95. The summed E-state index contributed by atoms with van der Waals surface area (Å²) in [5.74, 6) is -1.52. The summed E-state index contributed by atoms with van der Waals surface area (Å²) in [5.41, 5.74) is 1.10. The number of carboxylic acid groups (broad SMARTS) is 2. The number of aliphatic hydroxyl groups excluding tert-OH is 1. The van der Waals surface area contributed by atoms with Crippen molar-refractivity contribution in [2.24, 2.45) is 5.92 Å². The number of aliphatic hydroxyl groups is 1. The standard InChI is InChI=1S/C21H28N2O3.C2H2O4/c1-17-7-8-20(26-17)16-22-11-9-19(10-12-22)21(25)23(13-14-24)15-18-5-3-2-4-6-18;3-1(4)2(5)6/h2-8,19,24H,9-16H2,1H3;(H,3,4)(H,5,6). The summed E-state index contributed by atoms with van der Waals surface area (Å²) in [5, 5.41) is 24.1. The largest absolute Gasteiger partial charge is 0.473 e. The number of hydrogen-bond acceptors (Lipinski definition) is 6. The molecule has 1 aliphatic rings. The molecule has 174 valence electrons. The third-order valence-corrected chi connectivity index (χ3v) is 5.19. The third-order valence-electron chi connectivity index (χ3n) is 5.19. The molecule has 1 saturated heterocycles. The van der Waals surface area contributed by atoms with E-state index >= 15 is 0 Å². The van der Waals surface area contributed by atoms with Crippen molar-refractivity contribution in [1.29, 1.82) is 0 Å². The molecule has 9 nitrogen and oxygen atoms in total. The molecular formula is C23H30N2O7. The van der Waals surface area contributed by atoms with Crippen molar-refractivity contribution in [2.45, 2.75) is 32.9 Å². The van der Waals surface area contributed by atoms with E-state index in [0.29, 0.717) is 13.1 Å². The van der Waals surface area contributed by atoms with E-state index in [1.165, 1.54) is 0 Å². The molecule has 1 fully saturated rings. The molecule has 32 heavy (non-hydrogen) atoms. The Morgan fingerprint density at radius 1 is 1.03 bits per heavy atom.